The number of alkyl halides is 3. The molecule has 10 heteroatoms. The molecule has 1 aliphatic heterocycles. The summed E-state index contributed by atoms with van der Waals surface area (Å²) in [5.41, 5.74) is 6.50. The lowest BCUT2D eigenvalue weighted by atomic mass is 10.0. The first-order chi connectivity index (χ1) is 15.7. The lowest BCUT2D eigenvalue weighted by Crippen LogP contribution is -2.48. The van der Waals surface area contributed by atoms with Crippen LogP contribution in [-0.4, -0.2) is 58.8 Å². The Morgan fingerprint density at radius 3 is 2.58 bits per heavy atom. The van der Waals surface area contributed by atoms with Crippen LogP contribution in [0.5, 0.6) is 0 Å². The standard InChI is InChI=1S/C23H30F3N5O2/c1-12(2)31-19(9-18(29-31)13-6-17(23(24,25)26)22(27)28-10-13)21-15-7-14(8-16(15)21)30-4-5-33-20(11-30)32-3/h6,9-10,12,14-16,20-21H,4-5,7-8,11H2,1-3H3,(H2,27,28)/t14-,15+,16-,20-,21-/m0/s1. The Bertz CT molecular complexity index is 1010. The van der Waals surface area contributed by atoms with E-state index in [1.54, 1.807) is 7.11 Å². The molecule has 2 aliphatic carbocycles. The van der Waals surface area contributed by atoms with Crippen molar-refractivity contribution in [1.82, 2.24) is 19.7 Å². The zero-order valence-corrected chi connectivity index (χ0v) is 19.0. The summed E-state index contributed by atoms with van der Waals surface area (Å²) in [6.07, 6.45) is -1.11. The molecule has 0 bridgehead atoms. The summed E-state index contributed by atoms with van der Waals surface area (Å²) in [4.78, 5) is 6.26. The van der Waals surface area contributed by atoms with Crippen LogP contribution in [0.4, 0.5) is 19.0 Å². The molecular formula is C23H30F3N5O2. The summed E-state index contributed by atoms with van der Waals surface area (Å²) >= 11 is 0. The first kappa shape index (κ1) is 22.6. The molecule has 3 heterocycles. The molecule has 0 amide bonds. The van der Waals surface area contributed by atoms with Crippen molar-refractivity contribution in [3.63, 3.8) is 0 Å². The zero-order valence-electron chi connectivity index (χ0n) is 19.0. The molecule has 180 valence electrons. The molecule has 2 aromatic rings. The van der Waals surface area contributed by atoms with Gasteiger partial charge in [0.1, 0.15) is 5.82 Å². The van der Waals surface area contributed by atoms with Crippen LogP contribution >= 0.6 is 0 Å². The van der Waals surface area contributed by atoms with Crippen LogP contribution in [0.3, 0.4) is 0 Å². The van der Waals surface area contributed by atoms with E-state index >= 15 is 0 Å². The van der Waals surface area contributed by atoms with Crippen molar-refractivity contribution >= 4 is 5.82 Å². The lowest BCUT2D eigenvalue weighted by molar-refractivity contribution is -0.170. The van der Waals surface area contributed by atoms with Crippen LogP contribution in [0.15, 0.2) is 18.3 Å². The van der Waals surface area contributed by atoms with Gasteiger partial charge in [0.05, 0.1) is 17.9 Å². The van der Waals surface area contributed by atoms with E-state index in [-0.39, 0.29) is 12.3 Å². The molecule has 2 N–H and O–H groups in total. The Labute approximate surface area is 191 Å². The third-order valence-corrected chi connectivity index (χ3v) is 7.38. The van der Waals surface area contributed by atoms with E-state index in [2.05, 4.69) is 15.0 Å². The minimum absolute atomic E-state index is 0.108. The Morgan fingerprint density at radius 2 is 1.94 bits per heavy atom. The highest BCUT2D eigenvalue weighted by Crippen LogP contribution is 2.64. The number of ether oxygens (including phenoxy) is 2. The molecular weight excluding hydrogens is 435 g/mol. The zero-order chi connectivity index (χ0) is 23.5. The third-order valence-electron chi connectivity index (χ3n) is 7.38. The maximum Gasteiger partial charge on any atom is 0.419 e. The van der Waals surface area contributed by atoms with Gasteiger partial charge in [-0.3, -0.25) is 9.58 Å². The van der Waals surface area contributed by atoms with Gasteiger partial charge in [0.2, 0.25) is 0 Å². The second-order valence-electron chi connectivity index (χ2n) is 9.66. The van der Waals surface area contributed by atoms with Crippen LogP contribution in [0.2, 0.25) is 0 Å². The number of anilines is 1. The molecule has 5 rings (SSSR count). The number of hydrogen-bond donors (Lipinski definition) is 1. The van der Waals surface area contributed by atoms with Crippen molar-refractivity contribution in [3.8, 4) is 11.3 Å². The first-order valence-corrected chi connectivity index (χ1v) is 11.5. The average Bonchev–Trinajstić information content (AvgIpc) is 3.13. The van der Waals surface area contributed by atoms with Gasteiger partial charge in [0.15, 0.2) is 6.29 Å². The van der Waals surface area contributed by atoms with E-state index in [9.17, 15) is 13.2 Å². The second-order valence-corrected chi connectivity index (χ2v) is 9.66. The summed E-state index contributed by atoms with van der Waals surface area (Å²) in [5, 5.41) is 4.68. The van der Waals surface area contributed by atoms with Crippen molar-refractivity contribution in [2.24, 2.45) is 11.8 Å². The Morgan fingerprint density at radius 1 is 1.21 bits per heavy atom. The monoisotopic (exact) mass is 465 g/mol. The summed E-state index contributed by atoms with van der Waals surface area (Å²) < 4.78 is 52.9. The number of hydrogen-bond acceptors (Lipinski definition) is 6. The summed E-state index contributed by atoms with van der Waals surface area (Å²) in [7, 11) is 1.68. The highest BCUT2D eigenvalue weighted by Gasteiger charge is 2.58. The minimum atomic E-state index is -4.56. The Kier molecular flexibility index (Phi) is 5.65. The van der Waals surface area contributed by atoms with Crippen LogP contribution in [0, 0.1) is 11.8 Å². The Hall–Kier alpha value is -2.17. The van der Waals surface area contributed by atoms with Gasteiger partial charge in [0, 0.05) is 55.7 Å². The van der Waals surface area contributed by atoms with Gasteiger partial charge >= 0.3 is 6.18 Å². The van der Waals surface area contributed by atoms with Crippen molar-refractivity contribution in [3.05, 3.63) is 29.6 Å². The fraction of sp³-hybridized carbons (Fsp3) is 0.652. The van der Waals surface area contributed by atoms with E-state index in [4.69, 9.17) is 15.2 Å². The van der Waals surface area contributed by atoms with E-state index in [1.165, 1.54) is 6.20 Å². The van der Waals surface area contributed by atoms with E-state index in [1.807, 2.05) is 24.6 Å². The number of halogens is 3. The molecule has 0 radical (unpaired) electrons. The topological polar surface area (TPSA) is 78.4 Å². The lowest BCUT2D eigenvalue weighted by Gasteiger charge is -2.37. The quantitative estimate of drug-likeness (QED) is 0.721. The van der Waals surface area contributed by atoms with E-state index in [0.717, 1.165) is 37.7 Å². The molecule has 33 heavy (non-hydrogen) atoms. The fourth-order valence-corrected chi connectivity index (χ4v) is 5.72. The van der Waals surface area contributed by atoms with Crippen LogP contribution < -0.4 is 5.73 Å². The van der Waals surface area contributed by atoms with E-state index < -0.39 is 17.6 Å². The van der Waals surface area contributed by atoms with Gasteiger partial charge in [-0.1, -0.05) is 0 Å². The molecule has 3 aliphatic rings. The smallest absolute Gasteiger partial charge is 0.383 e. The van der Waals surface area contributed by atoms with Crippen LogP contribution in [-0.2, 0) is 15.7 Å². The molecule has 3 fully saturated rings. The predicted molar refractivity (Wildman–Crippen MR) is 116 cm³/mol. The number of nitrogens with zero attached hydrogens (tertiary/aromatic N) is 4. The number of aromatic nitrogens is 3. The molecule has 1 saturated heterocycles. The highest BCUT2D eigenvalue weighted by atomic mass is 19.4. The molecule has 2 saturated carbocycles. The molecule has 5 atom stereocenters. The maximum atomic E-state index is 13.3. The van der Waals surface area contributed by atoms with Gasteiger partial charge < -0.3 is 15.2 Å². The van der Waals surface area contributed by atoms with Gasteiger partial charge in [-0.15, -0.1) is 0 Å². The van der Waals surface area contributed by atoms with Gasteiger partial charge in [-0.2, -0.15) is 18.3 Å². The second kappa shape index (κ2) is 8.25. The molecule has 0 aromatic carbocycles. The largest absolute Gasteiger partial charge is 0.419 e. The summed E-state index contributed by atoms with van der Waals surface area (Å²) in [5.74, 6) is 1.04. The number of nitrogen functional groups attached to an aromatic ring is 1. The summed E-state index contributed by atoms with van der Waals surface area (Å²) in [6.45, 7) is 6.50. The number of pyridine rings is 1. The number of nitrogens with two attached hydrogens (primary N) is 1. The molecule has 7 nitrogen and oxygen atoms in total. The van der Waals surface area contributed by atoms with Gasteiger partial charge in [-0.05, 0) is 50.7 Å². The van der Waals surface area contributed by atoms with Gasteiger partial charge in [-0.25, -0.2) is 4.98 Å². The van der Waals surface area contributed by atoms with Crippen molar-refractivity contribution < 1.29 is 22.6 Å². The van der Waals surface area contributed by atoms with Crippen molar-refractivity contribution in [1.29, 1.82) is 0 Å². The fourth-order valence-electron chi connectivity index (χ4n) is 5.72. The highest BCUT2D eigenvalue weighted by molar-refractivity contribution is 5.63. The normalized spacial score (nSPS) is 30.1. The minimum Gasteiger partial charge on any atom is -0.383 e. The number of rotatable bonds is 5. The maximum absolute atomic E-state index is 13.3. The first-order valence-electron chi connectivity index (χ1n) is 11.5. The SMILES string of the molecule is CO[C@@H]1CN([C@H]2C[C@@H]3[C@H](C2)[C@H]3c2cc(-c3cnc(N)c(C(F)(F)F)c3)nn2C(C)C)CCO1. The molecule has 0 spiro atoms. The molecule has 2 aromatic heterocycles. The average molecular weight is 466 g/mol. The van der Waals surface area contributed by atoms with Crippen molar-refractivity contribution in [2.75, 3.05) is 32.5 Å². The van der Waals surface area contributed by atoms with Crippen molar-refractivity contribution in [2.45, 2.75) is 57.2 Å². The third kappa shape index (κ3) is 4.13. The van der Waals surface area contributed by atoms with Gasteiger partial charge in [0.25, 0.3) is 0 Å². The van der Waals surface area contributed by atoms with E-state index in [0.29, 0.717) is 41.7 Å². The predicted octanol–water partition coefficient (Wildman–Crippen LogP) is 3.92. The number of morpholine rings is 1. The Balaban J connectivity index is 1.35. The van der Waals surface area contributed by atoms with Crippen LogP contribution in [0.1, 0.15) is 49.9 Å². The summed E-state index contributed by atoms with van der Waals surface area (Å²) in [6, 6.07) is 3.63. The molecule has 0 unspecified atom stereocenters. The number of fused-ring (bicyclic) bond motifs is 1. The van der Waals surface area contributed by atoms with Crippen LogP contribution in [0.25, 0.3) is 11.3 Å². The number of methoxy groups -OCH3 is 1.